The molecule has 3 rings (SSSR count). The summed E-state index contributed by atoms with van der Waals surface area (Å²) in [4.78, 5) is 2.47. The molecule has 2 atom stereocenters. The van der Waals surface area contributed by atoms with Crippen LogP contribution in [0.15, 0.2) is 34.7 Å². The molecule has 0 aliphatic heterocycles. The molecule has 1 aromatic carbocycles. The molecule has 2 unspecified atom stereocenters. The van der Waals surface area contributed by atoms with Crippen LogP contribution in [0, 0.1) is 5.92 Å². The molecule has 0 amide bonds. The molecular weight excluding hydrogens is 260 g/mol. The number of likely N-dealkylation sites (N-methyl/N-ethyl adjacent to an activating group) is 2. The van der Waals surface area contributed by atoms with Gasteiger partial charge in [-0.3, -0.25) is 0 Å². The summed E-state index contributed by atoms with van der Waals surface area (Å²) < 4.78 is 6.05. The molecule has 0 spiro atoms. The topological polar surface area (TPSA) is 28.4 Å². The molecule has 0 radical (unpaired) electrons. The van der Waals surface area contributed by atoms with Crippen LogP contribution in [0.2, 0.25) is 0 Å². The van der Waals surface area contributed by atoms with Crippen molar-refractivity contribution < 1.29 is 4.42 Å². The minimum atomic E-state index is 0.258. The molecule has 2 aromatic rings. The lowest BCUT2D eigenvalue weighted by Crippen LogP contribution is -2.38. The van der Waals surface area contributed by atoms with Gasteiger partial charge in [-0.15, -0.1) is 0 Å². The fourth-order valence-corrected chi connectivity index (χ4v) is 3.07. The summed E-state index contributed by atoms with van der Waals surface area (Å²) in [6.07, 6.45) is 2.78. The van der Waals surface area contributed by atoms with Gasteiger partial charge in [-0.2, -0.15) is 0 Å². The number of benzene rings is 1. The van der Waals surface area contributed by atoms with Crippen LogP contribution in [-0.4, -0.2) is 31.1 Å². The summed E-state index contributed by atoms with van der Waals surface area (Å²) in [5.41, 5.74) is 0.980. The third kappa shape index (κ3) is 3.30. The second-order valence-electron chi connectivity index (χ2n) is 6.31. The Hall–Kier alpha value is -1.32. The van der Waals surface area contributed by atoms with Crippen molar-refractivity contribution in [3.8, 4) is 0 Å². The second-order valence-corrected chi connectivity index (χ2v) is 6.31. The lowest BCUT2D eigenvalue weighted by Gasteiger charge is -2.28. The fourth-order valence-electron chi connectivity index (χ4n) is 3.07. The average molecular weight is 286 g/mol. The quantitative estimate of drug-likeness (QED) is 0.839. The number of nitrogens with zero attached hydrogens (tertiary/aromatic N) is 1. The van der Waals surface area contributed by atoms with Gasteiger partial charge in [0.15, 0.2) is 0 Å². The van der Waals surface area contributed by atoms with Crippen LogP contribution in [0.1, 0.15) is 38.5 Å². The van der Waals surface area contributed by atoms with E-state index in [4.69, 9.17) is 4.42 Å². The first-order valence-electron chi connectivity index (χ1n) is 8.11. The van der Waals surface area contributed by atoms with E-state index in [1.54, 1.807) is 0 Å². The van der Waals surface area contributed by atoms with E-state index in [2.05, 4.69) is 49.3 Å². The first-order valence-corrected chi connectivity index (χ1v) is 8.11. The molecule has 3 heteroatoms. The van der Waals surface area contributed by atoms with Crippen molar-refractivity contribution in [1.29, 1.82) is 0 Å². The second kappa shape index (κ2) is 6.20. The molecule has 1 aromatic heterocycles. The highest BCUT2D eigenvalue weighted by molar-refractivity contribution is 5.77. The summed E-state index contributed by atoms with van der Waals surface area (Å²) in [6.45, 7) is 6.44. The standard InChI is InChI=1S/C18H26N2O/c1-4-19-16(12-20(3)13(2)14-9-10-14)18-11-15-7-5-6-8-17(15)21-18/h5-8,11,13-14,16,19H,4,9-10,12H2,1-3H3. The van der Waals surface area contributed by atoms with Gasteiger partial charge in [-0.25, -0.2) is 0 Å². The Bertz CT molecular complexity index is 555. The van der Waals surface area contributed by atoms with Gasteiger partial charge < -0.3 is 14.6 Å². The van der Waals surface area contributed by atoms with E-state index >= 15 is 0 Å². The van der Waals surface area contributed by atoms with E-state index in [1.807, 2.05) is 12.1 Å². The third-order valence-corrected chi connectivity index (χ3v) is 4.71. The molecule has 0 bridgehead atoms. The zero-order valence-electron chi connectivity index (χ0n) is 13.3. The summed E-state index contributed by atoms with van der Waals surface area (Å²) in [5, 5.41) is 4.76. The Morgan fingerprint density at radius 1 is 1.33 bits per heavy atom. The van der Waals surface area contributed by atoms with Crippen molar-refractivity contribution in [2.75, 3.05) is 20.1 Å². The lowest BCUT2D eigenvalue weighted by molar-refractivity contribution is 0.202. The van der Waals surface area contributed by atoms with E-state index in [0.29, 0.717) is 6.04 Å². The van der Waals surface area contributed by atoms with Crippen molar-refractivity contribution in [3.63, 3.8) is 0 Å². The molecule has 1 N–H and O–H groups in total. The monoisotopic (exact) mass is 286 g/mol. The van der Waals surface area contributed by atoms with Crippen molar-refractivity contribution in [1.82, 2.24) is 10.2 Å². The lowest BCUT2D eigenvalue weighted by atomic mass is 10.1. The molecule has 1 aliphatic carbocycles. The third-order valence-electron chi connectivity index (χ3n) is 4.71. The predicted octanol–water partition coefficient (Wildman–Crippen LogP) is 3.81. The summed E-state index contributed by atoms with van der Waals surface area (Å²) >= 11 is 0. The smallest absolute Gasteiger partial charge is 0.134 e. The fraction of sp³-hybridized carbons (Fsp3) is 0.556. The Labute approximate surface area is 127 Å². The van der Waals surface area contributed by atoms with E-state index in [9.17, 15) is 0 Å². The number of rotatable bonds is 7. The van der Waals surface area contributed by atoms with Gasteiger partial charge >= 0.3 is 0 Å². The molecule has 1 fully saturated rings. The van der Waals surface area contributed by atoms with Gasteiger partial charge in [-0.1, -0.05) is 25.1 Å². The van der Waals surface area contributed by atoms with Crippen LogP contribution >= 0.6 is 0 Å². The molecule has 21 heavy (non-hydrogen) atoms. The SMILES string of the molecule is CCNC(CN(C)C(C)C1CC1)c1cc2ccccc2o1. The number of nitrogens with one attached hydrogen (secondary N) is 1. The van der Waals surface area contributed by atoms with Crippen molar-refractivity contribution in [2.24, 2.45) is 5.92 Å². The molecule has 1 aliphatic rings. The van der Waals surface area contributed by atoms with Crippen LogP contribution < -0.4 is 5.32 Å². The van der Waals surface area contributed by atoms with Gasteiger partial charge in [0.1, 0.15) is 11.3 Å². The summed E-state index contributed by atoms with van der Waals surface area (Å²) in [7, 11) is 2.23. The van der Waals surface area contributed by atoms with Crippen molar-refractivity contribution in [3.05, 3.63) is 36.1 Å². The first-order chi connectivity index (χ1) is 10.2. The molecule has 114 valence electrons. The maximum atomic E-state index is 6.05. The Balaban J connectivity index is 1.76. The highest BCUT2D eigenvalue weighted by Gasteiger charge is 2.31. The van der Waals surface area contributed by atoms with Crippen molar-refractivity contribution in [2.45, 2.75) is 38.8 Å². The number of fused-ring (bicyclic) bond motifs is 1. The minimum Gasteiger partial charge on any atom is -0.459 e. The largest absolute Gasteiger partial charge is 0.459 e. The van der Waals surface area contributed by atoms with Crippen molar-refractivity contribution >= 4 is 11.0 Å². The molecule has 0 saturated heterocycles. The number of para-hydroxylation sites is 1. The normalized spacial score (nSPS) is 18.3. The van der Waals surface area contributed by atoms with E-state index in [0.717, 1.165) is 30.4 Å². The van der Waals surface area contributed by atoms with E-state index < -0.39 is 0 Å². The van der Waals surface area contributed by atoms with E-state index in [-0.39, 0.29) is 6.04 Å². The van der Waals surface area contributed by atoms with Gasteiger partial charge in [-0.05, 0) is 51.4 Å². The molecule has 1 heterocycles. The maximum absolute atomic E-state index is 6.05. The molecular formula is C18H26N2O. The van der Waals surface area contributed by atoms with Crippen LogP contribution in [0.5, 0.6) is 0 Å². The molecule has 3 nitrogen and oxygen atoms in total. The predicted molar refractivity (Wildman–Crippen MR) is 87.4 cm³/mol. The number of hydrogen-bond acceptors (Lipinski definition) is 3. The Morgan fingerprint density at radius 2 is 2.10 bits per heavy atom. The number of hydrogen-bond donors (Lipinski definition) is 1. The van der Waals surface area contributed by atoms with Crippen LogP contribution in [0.4, 0.5) is 0 Å². The maximum Gasteiger partial charge on any atom is 0.134 e. The highest BCUT2D eigenvalue weighted by atomic mass is 16.3. The Kier molecular flexibility index (Phi) is 4.32. The van der Waals surface area contributed by atoms with Crippen LogP contribution in [0.25, 0.3) is 11.0 Å². The van der Waals surface area contributed by atoms with Gasteiger partial charge in [0.25, 0.3) is 0 Å². The van der Waals surface area contributed by atoms with Gasteiger partial charge in [0.05, 0.1) is 6.04 Å². The van der Waals surface area contributed by atoms with Crippen LogP contribution in [-0.2, 0) is 0 Å². The Morgan fingerprint density at radius 3 is 2.76 bits per heavy atom. The van der Waals surface area contributed by atoms with E-state index in [1.165, 1.54) is 18.2 Å². The van der Waals surface area contributed by atoms with Gasteiger partial charge in [0, 0.05) is 18.0 Å². The van der Waals surface area contributed by atoms with Gasteiger partial charge in [0.2, 0.25) is 0 Å². The summed E-state index contributed by atoms with van der Waals surface area (Å²) in [5.74, 6) is 1.95. The zero-order chi connectivity index (χ0) is 14.8. The minimum absolute atomic E-state index is 0.258. The van der Waals surface area contributed by atoms with Crippen LogP contribution in [0.3, 0.4) is 0 Å². The first kappa shape index (κ1) is 14.6. The highest BCUT2D eigenvalue weighted by Crippen LogP contribution is 2.35. The average Bonchev–Trinajstić information content (AvgIpc) is 3.24. The molecule has 1 saturated carbocycles. The zero-order valence-corrected chi connectivity index (χ0v) is 13.3. The summed E-state index contributed by atoms with van der Waals surface area (Å²) in [6, 6.07) is 11.3. The number of furan rings is 1.